The number of allylic oxidation sites excluding steroid dienone is 2. The highest BCUT2D eigenvalue weighted by Gasteiger charge is 2.43. The summed E-state index contributed by atoms with van der Waals surface area (Å²) in [5, 5.41) is 9.23. The van der Waals surface area contributed by atoms with Crippen LogP contribution in [0.4, 0.5) is 0 Å². The van der Waals surface area contributed by atoms with E-state index in [4.69, 9.17) is 9.47 Å². The van der Waals surface area contributed by atoms with Crippen LogP contribution in [-0.2, 0) is 11.8 Å². The fourth-order valence-corrected chi connectivity index (χ4v) is 4.36. The molecule has 0 heterocycles. The summed E-state index contributed by atoms with van der Waals surface area (Å²) in [5.41, 5.74) is 5.79. The number of ether oxygens (including phenoxy) is 2. The van der Waals surface area contributed by atoms with E-state index in [2.05, 4.69) is 19.9 Å². The lowest BCUT2D eigenvalue weighted by molar-refractivity contribution is 0.105. The Kier molecular flexibility index (Phi) is 4.08. The molecule has 0 N–H and O–H groups in total. The van der Waals surface area contributed by atoms with Crippen LogP contribution in [0.3, 0.4) is 0 Å². The molecule has 0 atom stereocenters. The first kappa shape index (κ1) is 18.3. The van der Waals surface area contributed by atoms with Crippen molar-refractivity contribution in [2.75, 3.05) is 7.11 Å². The Hall–Kier alpha value is -3.06. The maximum absolute atomic E-state index is 13.5. The predicted octanol–water partition coefficient (Wildman–Crippen LogP) is 4.84. The summed E-state index contributed by atoms with van der Waals surface area (Å²) in [6.45, 7) is 8.19. The number of methoxy groups -OCH3 is 1. The molecule has 0 saturated heterocycles. The van der Waals surface area contributed by atoms with Crippen molar-refractivity contribution >= 4 is 11.4 Å². The minimum Gasteiger partial charge on any atom is -0.493 e. The summed E-state index contributed by atoms with van der Waals surface area (Å²) in [6.07, 6.45) is 0.662. The van der Waals surface area contributed by atoms with Gasteiger partial charge in [0.25, 0.3) is 0 Å². The molecule has 4 heteroatoms. The zero-order valence-electron chi connectivity index (χ0n) is 16.8. The predicted molar refractivity (Wildman–Crippen MR) is 108 cm³/mol. The first-order chi connectivity index (χ1) is 13.3. The van der Waals surface area contributed by atoms with Crippen molar-refractivity contribution in [3.63, 3.8) is 0 Å². The normalized spacial score (nSPS) is 16.4. The largest absolute Gasteiger partial charge is 0.493 e. The van der Waals surface area contributed by atoms with Crippen molar-refractivity contribution in [3.05, 3.63) is 63.7 Å². The number of benzene rings is 2. The Morgan fingerprint density at radius 1 is 1.11 bits per heavy atom. The summed E-state index contributed by atoms with van der Waals surface area (Å²) in [4.78, 5) is 13.5. The van der Waals surface area contributed by atoms with E-state index in [-0.39, 0.29) is 17.3 Å². The van der Waals surface area contributed by atoms with Gasteiger partial charge in [0.2, 0.25) is 0 Å². The van der Waals surface area contributed by atoms with E-state index in [1.54, 1.807) is 13.2 Å². The number of rotatable bonds is 3. The van der Waals surface area contributed by atoms with E-state index in [9.17, 15) is 10.1 Å². The molecular weight excluding hydrogens is 350 g/mol. The fourth-order valence-electron chi connectivity index (χ4n) is 4.36. The molecule has 0 amide bonds. The molecule has 2 aromatic carbocycles. The Bertz CT molecular complexity index is 1080. The number of nitrogens with zero attached hydrogens (tertiary/aromatic N) is 1. The summed E-state index contributed by atoms with van der Waals surface area (Å²) in [6, 6.07) is 11.5. The molecule has 0 saturated carbocycles. The number of carbonyl (C=O) groups is 1. The SMILES string of the molecule is COc1cc2c(cc1OC(C)C)C(=O)C1=C(Cc3cc(C#N)ccc31)C2(C)C. The van der Waals surface area contributed by atoms with Gasteiger partial charge in [-0.25, -0.2) is 0 Å². The van der Waals surface area contributed by atoms with Crippen LogP contribution in [0.5, 0.6) is 11.5 Å². The quantitative estimate of drug-likeness (QED) is 0.773. The van der Waals surface area contributed by atoms with Crippen LogP contribution in [0, 0.1) is 11.3 Å². The smallest absolute Gasteiger partial charge is 0.194 e. The molecule has 0 unspecified atom stereocenters. The van der Waals surface area contributed by atoms with E-state index in [0.717, 1.165) is 27.8 Å². The summed E-state index contributed by atoms with van der Waals surface area (Å²) in [5.74, 6) is 1.24. The minimum absolute atomic E-state index is 0.0176. The third kappa shape index (κ3) is 2.54. The lowest BCUT2D eigenvalue weighted by Crippen LogP contribution is -2.30. The summed E-state index contributed by atoms with van der Waals surface area (Å²) in [7, 11) is 1.62. The molecule has 4 nitrogen and oxygen atoms in total. The van der Waals surface area contributed by atoms with Crippen LogP contribution in [0.15, 0.2) is 35.9 Å². The van der Waals surface area contributed by atoms with E-state index in [0.29, 0.717) is 29.0 Å². The van der Waals surface area contributed by atoms with Crippen molar-refractivity contribution in [3.8, 4) is 17.6 Å². The highest BCUT2D eigenvalue weighted by Crippen LogP contribution is 2.51. The van der Waals surface area contributed by atoms with E-state index >= 15 is 0 Å². The average Bonchev–Trinajstić information content (AvgIpc) is 3.05. The number of Topliss-reactive ketones (excluding diaryl/α,β-unsaturated/α-hetero) is 1. The Morgan fingerprint density at radius 3 is 2.50 bits per heavy atom. The maximum Gasteiger partial charge on any atom is 0.194 e. The second-order valence-electron chi connectivity index (χ2n) is 8.18. The van der Waals surface area contributed by atoms with Crippen LogP contribution >= 0.6 is 0 Å². The number of hydrogen-bond donors (Lipinski definition) is 0. The first-order valence-corrected chi connectivity index (χ1v) is 9.48. The molecule has 0 fully saturated rings. The molecule has 142 valence electrons. The number of ketones is 1. The molecule has 2 aliphatic carbocycles. The molecule has 28 heavy (non-hydrogen) atoms. The Labute approximate surface area is 165 Å². The lowest BCUT2D eigenvalue weighted by atomic mass is 9.68. The van der Waals surface area contributed by atoms with Crippen molar-refractivity contribution in [1.82, 2.24) is 0 Å². The molecule has 0 aliphatic heterocycles. The molecular formula is C24H23NO3. The molecule has 0 bridgehead atoms. The average molecular weight is 373 g/mol. The van der Waals surface area contributed by atoms with Gasteiger partial charge in [-0.3, -0.25) is 4.79 Å². The first-order valence-electron chi connectivity index (χ1n) is 9.48. The van der Waals surface area contributed by atoms with E-state index in [1.807, 2.05) is 38.1 Å². The maximum atomic E-state index is 13.5. The van der Waals surface area contributed by atoms with Crippen LogP contribution in [0.2, 0.25) is 0 Å². The number of carbonyl (C=O) groups excluding carboxylic acids is 1. The van der Waals surface area contributed by atoms with Gasteiger partial charge in [-0.1, -0.05) is 19.9 Å². The Morgan fingerprint density at radius 2 is 1.86 bits per heavy atom. The van der Waals surface area contributed by atoms with Gasteiger partial charge in [-0.2, -0.15) is 5.26 Å². The van der Waals surface area contributed by atoms with Gasteiger partial charge in [0.15, 0.2) is 17.3 Å². The van der Waals surface area contributed by atoms with E-state index in [1.165, 1.54) is 0 Å². The van der Waals surface area contributed by atoms with Gasteiger partial charge < -0.3 is 9.47 Å². The highest BCUT2D eigenvalue weighted by molar-refractivity contribution is 6.33. The van der Waals surface area contributed by atoms with Crippen LogP contribution in [0.1, 0.15) is 60.3 Å². The monoisotopic (exact) mass is 373 g/mol. The minimum atomic E-state index is -0.325. The van der Waals surface area contributed by atoms with Crippen LogP contribution in [0.25, 0.3) is 5.57 Å². The second kappa shape index (κ2) is 6.24. The molecule has 0 aromatic heterocycles. The number of nitriles is 1. The van der Waals surface area contributed by atoms with Crippen molar-refractivity contribution in [1.29, 1.82) is 5.26 Å². The third-order valence-electron chi connectivity index (χ3n) is 5.74. The fraction of sp³-hybridized carbons (Fsp3) is 0.333. The van der Waals surface area contributed by atoms with Gasteiger partial charge in [-0.15, -0.1) is 0 Å². The van der Waals surface area contributed by atoms with Gasteiger partial charge in [0.1, 0.15) is 0 Å². The van der Waals surface area contributed by atoms with Crippen LogP contribution < -0.4 is 9.47 Å². The van der Waals surface area contributed by atoms with Gasteiger partial charge in [0, 0.05) is 16.6 Å². The number of fused-ring (bicyclic) bond motifs is 3. The molecule has 0 spiro atoms. The zero-order valence-corrected chi connectivity index (χ0v) is 16.8. The van der Waals surface area contributed by atoms with Crippen molar-refractivity contribution in [2.24, 2.45) is 0 Å². The van der Waals surface area contributed by atoms with Gasteiger partial charge in [-0.05, 0) is 66.8 Å². The topological polar surface area (TPSA) is 59.3 Å². The molecule has 2 aromatic rings. The molecule has 4 rings (SSSR count). The van der Waals surface area contributed by atoms with Gasteiger partial charge >= 0.3 is 0 Å². The Balaban J connectivity index is 1.91. The molecule has 2 aliphatic rings. The van der Waals surface area contributed by atoms with Crippen LogP contribution in [-0.4, -0.2) is 19.0 Å². The lowest BCUT2D eigenvalue weighted by Gasteiger charge is -2.35. The van der Waals surface area contributed by atoms with Gasteiger partial charge in [0.05, 0.1) is 24.8 Å². The molecule has 0 radical (unpaired) electrons. The third-order valence-corrected chi connectivity index (χ3v) is 5.74. The van der Waals surface area contributed by atoms with Crippen molar-refractivity contribution < 1.29 is 14.3 Å². The van der Waals surface area contributed by atoms with Crippen molar-refractivity contribution in [2.45, 2.75) is 45.6 Å². The summed E-state index contributed by atoms with van der Waals surface area (Å²) >= 11 is 0. The second-order valence-corrected chi connectivity index (χ2v) is 8.18. The highest BCUT2D eigenvalue weighted by atomic mass is 16.5. The zero-order chi connectivity index (χ0) is 20.2. The summed E-state index contributed by atoms with van der Waals surface area (Å²) < 4.78 is 11.5. The number of hydrogen-bond acceptors (Lipinski definition) is 4. The standard InChI is InChI=1S/C24H23NO3/c1-13(2)28-21-10-17-18(11-20(21)27-5)24(3,4)19-9-15-8-14(12-25)6-7-16(15)22(19)23(17)26/h6-8,10-11,13H,9H2,1-5H3. The van der Waals surface area contributed by atoms with E-state index < -0.39 is 0 Å².